The average Bonchev–Trinajstić information content (AvgIpc) is 2.68. The molecule has 3 rings (SSSR count). The second kappa shape index (κ2) is 8.68. The molecule has 0 saturated carbocycles. The predicted molar refractivity (Wildman–Crippen MR) is 107 cm³/mol. The molecule has 1 amide bonds. The molecule has 26 heavy (non-hydrogen) atoms. The lowest BCUT2D eigenvalue weighted by Crippen LogP contribution is -2.26. The summed E-state index contributed by atoms with van der Waals surface area (Å²) in [6.07, 6.45) is 0. The summed E-state index contributed by atoms with van der Waals surface area (Å²) in [4.78, 5) is 14.4. The number of amides is 1. The fraction of sp³-hybridized carbons (Fsp3) is 0.136. The Hall–Kier alpha value is -2.59. The van der Waals surface area contributed by atoms with E-state index in [0.29, 0.717) is 18.7 Å². The molecular weight excluding hydrogens is 390 g/mol. The summed E-state index contributed by atoms with van der Waals surface area (Å²) >= 11 is 3.51. The van der Waals surface area contributed by atoms with Gasteiger partial charge in [-0.15, -0.1) is 0 Å². The topological polar surface area (TPSA) is 29.5 Å². The minimum absolute atomic E-state index is 0.0239. The van der Waals surface area contributed by atoms with E-state index in [1.54, 1.807) is 11.0 Å². The molecule has 0 N–H and O–H groups in total. The third-order valence-corrected chi connectivity index (χ3v) is 4.64. The summed E-state index contributed by atoms with van der Waals surface area (Å²) in [5.41, 5.74) is 2.83. The number of carbonyl (C=O) groups is 1. The number of hydrogen-bond acceptors (Lipinski definition) is 2. The van der Waals surface area contributed by atoms with Crippen molar-refractivity contribution < 1.29 is 9.53 Å². The van der Waals surface area contributed by atoms with E-state index in [1.807, 2.05) is 79.8 Å². The van der Waals surface area contributed by atoms with Crippen LogP contribution in [-0.4, -0.2) is 17.9 Å². The lowest BCUT2D eigenvalue weighted by Gasteiger charge is -2.18. The molecule has 3 aromatic carbocycles. The summed E-state index contributed by atoms with van der Waals surface area (Å²) < 4.78 is 6.61. The molecule has 0 aromatic heterocycles. The Balaban J connectivity index is 1.65. The zero-order valence-corrected chi connectivity index (χ0v) is 16.1. The standard InChI is InChI=1S/C22H20BrNO2/c1-24(15-17-8-4-2-5-9-17)22(25)19-12-13-21(20(23)14-19)26-16-18-10-6-3-7-11-18/h2-14H,15-16H2,1H3. The van der Waals surface area contributed by atoms with Crippen molar-refractivity contribution in [3.05, 3.63) is 100 Å². The highest BCUT2D eigenvalue weighted by Gasteiger charge is 2.14. The minimum Gasteiger partial charge on any atom is -0.488 e. The van der Waals surface area contributed by atoms with Gasteiger partial charge in [0.25, 0.3) is 5.91 Å². The minimum atomic E-state index is -0.0239. The van der Waals surface area contributed by atoms with Gasteiger partial charge >= 0.3 is 0 Å². The normalized spacial score (nSPS) is 10.4. The lowest BCUT2D eigenvalue weighted by atomic mass is 10.1. The van der Waals surface area contributed by atoms with Crippen molar-refractivity contribution in [2.75, 3.05) is 7.05 Å². The second-order valence-corrected chi connectivity index (χ2v) is 6.92. The highest BCUT2D eigenvalue weighted by atomic mass is 79.9. The molecule has 4 heteroatoms. The van der Waals surface area contributed by atoms with Crippen LogP contribution in [0.15, 0.2) is 83.3 Å². The van der Waals surface area contributed by atoms with Crippen molar-refractivity contribution in [2.45, 2.75) is 13.2 Å². The third kappa shape index (κ3) is 4.73. The van der Waals surface area contributed by atoms with Crippen LogP contribution >= 0.6 is 15.9 Å². The van der Waals surface area contributed by atoms with Crippen LogP contribution in [0, 0.1) is 0 Å². The van der Waals surface area contributed by atoms with Crippen molar-refractivity contribution in [1.29, 1.82) is 0 Å². The van der Waals surface area contributed by atoms with Gasteiger partial charge in [-0.3, -0.25) is 4.79 Å². The Kier molecular flexibility index (Phi) is 6.08. The van der Waals surface area contributed by atoms with Crippen LogP contribution in [0.2, 0.25) is 0 Å². The molecule has 0 heterocycles. The van der Waals surface area contributed by atoms with E-state index in [9.17, 15) is 4.79 Å². The number of rotatable bonds is 6. The zero-order chi connectivity index (χ0) is 18.4. The van der Waals surface area contributed by atoms with E-state index in [2.05, 4.69) is 15.9 Å². The van der Waals surface area contributed by atoms with E-state index >= 15 is 0 Å². The van der Waals surface area contributed by atoms with Gasteiger partial charge in [0, 0.05) is 19.2 Å². The van der Waals surface area contributed by atoms with Gasteiger partial charge in [0.05, 0.1) is 4.47 Å². The maximum Gasteiger partial charge on any atom is 0.253 e. The maximum absolute atomic E-state index is 12.7. The van der Waals surface area contributed by atoms with Crippen LogP contribution in [0.4, 0.5) is 0 Å². The van der Waals surface area contributed by atoms with Crippen LogP contribution in [0.25, 0.3) is 0 Å². The molecule has 0 bridgehead atoms. The monoisotopic (exact) mass is 409 g/mol. The first-order chi connectivity index (χ1) is 12.6. The first kappa shape index (κ1) is 18.2. The summed E-state index contributed by atoms with van der Waals surface area (Å²) in [6.45, 7) is 1.06. The Morgan fingerprint density at radius 1 is 0.923 bits per heavy atom. The molecule has 0 unspecified atom stereocenters. The van der Waals surface area contributed by atoms with E-state index in [-0.39, 0.29) is 5.91 Å². The Bertz CT molecular complexity index is 866. The highest BCUT2D eigenvalue weighted by Crippen LogP contribution is 2.27. The molecule has 3 aromatic rings. The van der Waals surface area contributed by atoms with Gasteiger partial charge in [-0.2, -0.15) is 0 Å². The first-order valence-electron chi connectivity index (χ1n) is 8.39. The lowest BCUT2D eigenvalue weighted by molar-refractivity contribution is 0.0785. The van der Waals surface area contributed by atoms with Gasteiger partial charge in [-0.05, 0) is 45.3 Å². The van der Waals surface area contributed by atoms with Gasteiger partial charge in [-0.25, -0.2) is 0 Å². The van der Waals surface area contributed by atoms with Crippen molar-refractivity contribution in [3.8, 4) is 5.75 Å². The van der Waals surface area contributed by atoms with Crippen molar-refractivity contribution in [1.82, 2.24) is 4.90 Å². The van der Waals surface area contributed by atoms with Gasteiger partial charge in [-0.1, -0.05) is 60.7 Å². The molecule has 3 nitrogen and oxygen atoms in total. The van der Waals surface area contributed by atoms with E-state index in [1.165, 1.54) is 0 Å². The van der Waals surface area contributed by atoms with Crippen molar-refractivity contribution in [2.24, 2.45) is 0 Å². The largest absolute Gasteiger partial charge is 0.488 e. The molecule has 0 radical (unpaired) electrons. The van der Waals surface area contributed by atoms with E-state index < -0.39 is 0 Å². The van der Waals surface area contributed by atoms with Crippen LogP contribution in [-0.2, 0) is 13.2 Å². The molecule has 0 atom stereocenters. The molecule has 0 aliphatic rings. The highest BCUT2D eigenvalue weighted by molar-refractivity contribution is 9.10. The Labute approximate surface area is 162 Å². The number of nitrogens with zero attached hydrogens (tertiary/aromatic N) is 1. The molecule has 132 valence electrons. The van der Waals surface area contributed by atoms with Crippen LogP contribution in [0.5, 0.6) is 5.75 Å². The zero-order valence-electron chi connectivity index (χ0n) is 14.6. The van der Waals surface area contributed by atoms with Crippen molar-refractivity contribution in [3.63, 3.8) is 0 Å². The van der Waals surface area contributed by atoms with Crippen LogP contribution in [0.1, 0.15) is 21.5 Å². The van der Waals surface area contributed by atoms with Gasteiger partial charge in [0.15, 0.2) is 0 Å². The fourth-order valence-corrected chi connectivity index (χ4v) is 3.13. The van der Waals surface area contributed by atoms with Gasteiger partial charge < -0.3 is 9.64 Å². The molecular formula is C22H20BrNO2. The molecule has 0 fully saturated rings. The SMILES string of the molecule is CN(Cc1ccccc1)C(=O)c1ccc(OCc2ccccc2)c(Br)c1. The second-order valence-electron chi connectivity index (χ2n) is 6.07. The number of benzene rings is 3. The summed E-state index contributed by atoms with van der Waals surface area (Å²) in [7, 11) is 1.81. The van der Waals surface area contributed by atoms with Crippen LogP contribution < -0.4 is 4.74 Å². The number of ether oxygens (including phenoxy) is 1. The van der Waals surface area contributed by atoms with Crippen molar-refractivity contribution >= 4 is 21.8 Å². The average molecular weight is 410 g/mol. The maximum atomic E-state index is 12.7. The first-order valence-corrected chi connectivity index (χ1v) is 9.18. The molecule has 0 saturated heterocycles. The van der Waals surface area contributed by atoms with E-state index in [0.717, 1.165) is 21.3 Å². The van der Waals surface area contributed by atoms with E-state index in [4.69, 9.17) is 4.74 Å². The fourth-order valence-electron chi connectivity index (χ4n) is 2.64. The molecule has 0 aliphatic carbocycles. The third-order valence-electron chi connectivity index (χ3n) is 4.03. The summed E-state index contributed by atoms with van der Waals surface area (Å²) in [6, 6.07) is 25.4. The number of carbonyl (C=O) groups excluding carboxylic acids is 1. The number of hydrogen-bond donors (Lipinski definition) is 0. The summed E-state index contributed by atoms with van der Waals surface area (Å²) in [5, 5.41) is 0. The Morgan fingerprint density at radius 3 is 2.15 bits per heavy atom. The Morgan fingerprint density at radius 2 is 1.54 bits per heavy atom. The molecule has 0 aliphatic heterocycles. The van der Waals surface area contributed by atoms with Gasteiger partial charge in [0.2, 0.25) is 0 Å². The van der Waals surface area contributed by atoms with Crippen LogP contribution in [0.3, 0.4) is 0 Å². The quantitative estimate of drug-likeness (QED) is 0.552. The summed E-state index contributed by atoms with van der Waals surface area (Å²) in [5.74, 6) is 0.695. The van der Waals surface area contributed by atoms with Gasteiger partial charge in [0.1, 0.15) is 12.4 Å². The smallest absolute Gasteiger partial charge is 0.253 e. The predicted octanol–water partition coefficient (Wildman–Crippen LogP) is 5.30. The molecule has 0 spiro atoms. The number of halogens is 1.